The first-order valence-electron chi connectivity index (χ1n) is 6.05. The largest absolute Gasteiger partial charge is 0.354 e. The van der Waals surface area contributed by atoms with E-state index in [9.17, 15) is 4.79 Å². The first kappa shape index (κ1) is 10.9. The fraction of sp³-hybridized carbons (Fsp3) is 0.462. The van der Waals surface area contributed by atoms with Crippen LogP contribution in [0.5, 0.6) is 0 Å². The van der Waals surface area contributed by atoms with Crippen LogP contribution in [0.3, 0.4) is 0 Å². The van der Waals surface area contributed by atoms with E-state index in [0.717, 1.165) is 30.1 Å². The highest BCUT2D eigenvalue weighted by molar-refractivity contribution is 6.31. The van der Waals surface area contributed by atoms with Gasteiger partial charge in [0.05, 0.1) is 0 Å². The molecule has 4 heteroatoms. The molecule has 1 fully saturated rings. The normalized spacial score (nSPS) is 26.5. The topological polar surface area (TPSA) is 32.3 Å². The predicted molar refractivity (Wildman–Crippen MR) is 68.5 cm³/mol. The van der Waals surface area contributed by atoms with Gasteiger partial charge in [0.2, 0.25) is 5.91 Å². The van der Waals surface area contributed by atoms with Crippen LogP contribution in [-0.4, -0.2) is 24.5 Å². The van der Waals surface area contributed by atoms with Gasteiger partial charge in [0.1, 0.15) is 6.04 Å². The maximum Gasteiger partial charge on any atom is 0.243 e. The molecule has 0 saturated carbocycles. The summed E-state index contributed by atoms with van der Waals surface area (Å²) < 4.78 is 0. The van der Waals surface area contributed by atoms with Gasteiger partial charge < -0.3 is 10.2 Å². The molecule has 17 heavy (non-hydrogen) atoms. The lowest BCUT2D eigenvalue weighted by Gasteiger charge is -2.39. The highest BCUT2D eigenvalue weighted by atomic mass is 35.5. The van der Waals surface area contributed by atoms with Gasteiger partial charge in [0.15, 0.2) is 0 Å². The van der Waals surface area contributed by atoms with Gasteiger partial charge in [0.25, 0.3) is 0 Å². The lowest BCUT2D eigenvalue weighted by molar-refractivity contribution is -0.123. The van der Waals surface area contributed by atoms with E-state index in [0.29, 0.717) is 6.04 Å². The molecule has 3 nitrogen and oxygen atoms in total. The Labute approximate surface area is 106 Å². The molecule has 0 aliphatic carbocycles. The third kappa shape index (κ3) is 1.61. The Bertz CT molecular complexity index is 474. The number of halogens is 1. The van der Waals surface area contributed by atoms with Crippen LogP contribution in [0.4, 0.5) is 5.69 Å². The Kier molecular flexibility index (Phi) is 2.51. The molecule has 1 aromatic rings. The van der Waals surface area contributed by atoms with Crippen LogP contribution < -0.4 is 10.2 Å². The molecule has 0 aromatic heterocycles. The Morgan fingerprint density at radius 2 is 2.35 bits per heavy atom. The molecule has 1 aromatic carbocycles. The molecule has 0 radical (unpaired) electrons. The van der Waals surface area contributed by atoms with Crippen molar-refractivity contribution in [3.63, 3.8) is 0 Å². The van der Waals surface area contributed by atoms with Gasteiger partial charge in [-0.1, -0.05) is 24.6 Å². The molecule has 2 aliphatic heterocycles. The fourth-order valence-corrected chi connectivity index (χ4v) is 3.04. The van der Waals surface area contributed by atoms with Crippen molar-refractivity contribution in [3.8, 4) is 0 Å². The van der Waals surface area contributed by atoms with E-state index < -0.39 is 0 Å². The van der Waals surface area contributed by atoms with E-state index in [1.54, 1.807) is 0 Å². The molecule has 2 atom stereocenters. The van der Waals surface area contributed by atoms with Gasteiger partial charge in [-0.15, -0.1) is 0 Å². The van der Waals surface area contributed by atoms with E-state index in [-0.39, 0.29) is 11.9 Å². The second-order valence-electron chi connectivity index (χ2n) is 4.71. The molecule has 1 amide bonds. The average molecular weight is 251 g/mol. The number of fused-ring (bicyclic) bond motifs is 3. The van der Waals surface area contributed by atoms with Crippen LogP contribution in [0.15, 0.2) is 18.2 Å². The minimum atomic E-state index is -0.0397. The fourth-order valence-electron chi connectivity index (χ4n) is 2.87. The number of anilines is 1. The van der Waals surface area contributed by atoms with Gasteiger partial charge in [-0.25, -0.2) is 0 Å². The van der Waals surface area contributed by atoms with Crippen molar-refractivity contribution >= 4 is 23.2 Å². The van der Waals surface area contributed by atoms with Crippen molar-refractivity contribution in [2.45, 2.75) is 31.8 Å². The lowest BCUT2D eigenvalue weighted by atomic mass is 10.1. The number of nitrogens with zero attached hydrogens (tertiary/aromatic N) is 1. The summed E-state index contributed by atoms with van der Waals surface area (Å²) in [5, 5.41) is 3.73. The van der Waals surface area contributed by atoms with Gasteiger partial charge in [-0.05, 0) is 24.1 Å². The number of benzene rings is 1. The van der Waals surface area contributed by atoms with Crippen LogP contribution >= 0.6 is 11.6 Å². The highest BCUT2D eigenvalue weighted by Gasteiger charge is 2.41. The number of amides is 1. The number of carbonyl (C=O) groups excluding carboxylic acids is 1. The van der Waals surface area contributed by atoms with E-state index in [1.165, 1.54) is 5.56 Å². The van der Waals surface area contributed by atoms with Crippen LogP contribution in [-0.2, 0) is 11.2 Å². The van der Waals surface area contributed by atoms with Crippen molar-refractivity contribution in [2.75, 3.05) is 11.4 Å². The smallest absolute Gasteiger partial charge is 0.243 e. The predicted octanol–water partition coefficient (Wildman–Crippen LogP) is 1.98. The number of carbonyl (C=O) groups is 1. The first-order chi connectivity index (χ1) is 8.20. The summed E-state index contributed by atoms with van der Waals surface area (Å²) in [5.74, 6) is 0.141. The summed E-state index contributed by atoms with van der Waals surface area (Å²) in [6, 6.07) is 6.27. The maximum absolute atomic E-state index is 11.9. The van der Waals surface area contributed by atoms with Crippen molar-refractivity contribution < 1.29 is 4.79 Å². The molecule has 1 N–H and O–H groups in total. The summed E-state index contributed by atoms with van der Waals surface area (Å²) in [6.07, 6.45) is 1.83. The zero-order valence-corrected chi connectivity index (χ0v) is 10.5. The number of nitrogens with one attached hydrogen (secondary N) is 1. The van der Waals surface area contributed by atoms with Crippen molar-refractivity contribution in [2.24, 2.45) is 0 Å². The summed E-state index contributed by atoms with van der Waals surface area (Å²) in [7, 11) is 0. The third-order valence-electron chi connectivity index (χ3n) is 3.75. The highest BCUT2D eigenvalue weighted by Crippen LogP contribution is 2.37. The molecule has 0 spiro atoms. The second-order valence-corrected chi connectivity index (χ2v) is 5.14. The molecule has 2 heterocycles. The molecule has 90 valence electrons. The monoisotopic (exact) mass is 250 g/mol. The Morgan fingerprint density at radius 3 is 3.12 bits per heavy atom. The van der Waals surface area contributed by atoms with Gasteiger partial charge >= 0.3 is 0 Å². The van der Waals surface area contributed by atoms with Crippen LogP contribution in [0.1, 0.15) is 18.9 Å². The van der Waals surface area contributed by atoms with Crippen LogP contribution in [0.25, 0.3) is 0 Å². The summed E-state index contributed by atoms with van der Waals surface area (Å²) in [4.78, 5) is 14.2. The second kappa shape index (κ2) is 3.91. The van der Waals surface area contributed by atoms with Crippen molar-refractivity contribution in [1.82, 2.24) is 5.32 Å². The van der Waals surface area contributed by atoms with Crippen LogP contribution in [0.2, 0.25) is 5.02 Å². The Morgan fingerprint density at radius 1 is 1.53 bits per heavy atom. The van der Waals surface area contributed by atoms with E-state index in [1.807, 2.05) is 18.2 Å². The number of rotatable bonds is 1. The molecule has 1 unspecified atom stereocenters. The summed E-state index contributed by atoms with van der Waals surface area (Å²) >= 11 is 6.05. The number of hydrogen-bond donors (Lipinski definition) is 1. The van der Waals surface area contributed by atoms with Crippen molar-refractivity contribution in [3.05, 3.63) is 28.8 Å². The minimum absolute atomic E-state index is 0.0397. The Hall–Kier alpha value is -1.22. The number of piperazine rings is 1. The van der Waals surface area contributed by atoms with E-state index >= 15 is 0 Å². The third-order valence-corrected chi connectivity index (χ3v) is 3.99. The molecular formula is C13H15ClN2O. The zero-order chi connectivity index (χ0) is 12.0. The van der Waals surface area contributed by atoms with Gasteiger partial charge in [-0.2, -0.15) is 0 Å². The zero-order valence-electron chi connectivity index (χ0n) is 9.74. The Balaban J connectivity index is 2.06. The summed E-state index contributed by atoms with van der Waals surface area (Å²) in [5.41, 5.74) is 2.37. The first-order valence-corrected chi connectivity index (χ1v) is 6.43. The maximum atomic E-state index is 11.9. The summed E-state index contributed by atoms with van der Waals surface area (Å²) in [6.45, 7) is 2.89. The van der Waals surface area contributed by atoms with E-state index in [4.69, 9.17) is 11.6 Å². The van der Waals surface area contributed by atoms with Crippen LogP contribution in [0, 0.1) is 0 Å². The minimum Gasteiger partial charge on any atom is -0.354 e. The quantitative estimate of drug-likeness (QED) is 0.827. The van der Waals surface area contributed by atoms with Crippen molar-refractivity contribution in [1.29, 1.82) is 0 Å². The standard InChI is InChI=1S/C13H15ClN2O/c1-2-10-7-15-13(17)12-5-8-3-4-9(14)6-11(8)16(10)12/h3-4,6,10,12H,2,5,7H2,1H3,(H,15,17)/t10?,12-/m1/s1. The van der Waals surface area contributed by atoms with E-state index in [2.05, 4.69) is 17.1 Å². The van der Waals surface area contributed by atoms with Gasteiger partial charge in [-0.3, -0.25) is 4.79 Å². The molecule has 1 saturated heterocycles. The average Bonchev–Trinajstić information content (AvgIpc) is 2.70. The molecule has 3 rings (SSSR count). The molecule has 2 aliphatic rings. The SMILES string of the molecule is CCC1CNC(=O)[C@H]2Cc3ccc(Cl)cc3N12. The van der Waals surface area contributed by atoms with Gasteiger partial charge in [0, 0.05) is 29.7 Å². The number of hydrogen-bond acceptors (Lipinski definition) is 2. The lowest BCUT2D eigenvalue weighted by Crippen LogP contribution is -2.59. The molecule has 0 bridgehead atoms. The molecular weight excluding hydrogens is 236 g/mol.